The van der Waals surface area contributed by atoms with Crippen LogP contribution in [0, 0.1) is 11.8 Å². The van der Waals surface area contributed by atoms with Gasteiger partial charge in [-0.3, -0.25) is 9.59 Å². The minimum absolute atomic E-state index is 0.0746. The van der Waals surface area contributed by atoms with Gasteiger partial charge >= 0.3 is 0 Å². The van der Waals surface area contributed by atoms with E-state index in [9.17, 15) is 9.59 Å². The Hall–Kier alpha value is -2.62. The van der Waals surface area contributed by atoms with Gasteiger partial charge in [-0.2, -0.15) is 0 Å². The van der Waals surface area contributed by atoms with Crippen LogP contribution < -0.4 is 10.6 Å². The molecule has 0 heterocycles. The number of carbonyl (C=O) groups excluding carboxylic acids is 2. The third-order valence-corrected chi connectivity index (χ3v) is 5.51. The second kappa shape index (κ2) is 6.94. The second-order valence-corrected chi connectivity index (χ2v) is 7.49. The molecule has 0 radical (unpaired) electrons. The number of fused-ring (bicyclic) bond motifs is 1. The van der Waals surface area contributed by atoms with Gasteiger partial charge < -0.3 is 10.6 Å². The average molecular weight is 348 g/mol. The van der Waals surface area contributed by atoms with Crippen molar-refractivity contribution < 1.29 is 9.59 Å². The van der Waals surface area contributed by atoms with Crippen LogP contribution in [0.3, 0.4) is 0 Å². The molecule has 0 bridgehead atoms. The summed E-state index contributed by atoms with van der Waals surface area (Å²) in [6.07, 6.45) is 5.47. The Morgan fingerprint density at radius 2 is 1.69 bits per heavy atom. The molecule has 0 saturated heterocycles. The Labute approximate surface area is 154 Å². The van der Waals surface area contributed by atoms with Crippen molar-refractivity contribution in [3.8, 4) is 0 Å². The van der Waals surface area contributed by atoms with Crippen molar-refractivity contribution in [2.24, 2.45) is 11.8 Å². The topological polar surface area (TPSA) is 58.2 Å². The van der Waals surface area contributed by atoms with Crippen LogP contribution in [0.25, 0.3) is 0 Å². The highest BCUT2D eigenvalue weighted by molar-refractivity contribution is 6.05. The van der Waals surface area contributed by atoms with Crippen molar-refractivity contribution in [1.29, 1.82) is 0 Å². The molecule has 4 rings (SSSR count). The minimum atomic E-state index is -0.113. The molecule has 2 aromatic carbocycles. The van der Waals surface area contributed by atoms with Crippen molar-refractivity contribution in [3.63, 3.8) is 0 Å². The summed E-state index contributed by atoms with van der Waals surface area (Å²) in [7, 11) is 0. The Balaban J connectivity index is 1.43. The summed E-state index contributed by atoms with van der Waals surface area (Å²) < 4.78 is 0. The van der Waals surface area contributed by atoms with Crippen LogP contribution >= 0.6 is 0 Å². The zero-order valence-electron chi connectivity index (χ0n) is 15.0. The first-order valence-electron chi connectivity index (χ1n) is 9.45. The number of rotatable bonds is 4. The van der Waals surface area contributed by atoms with Crippen LogP contribution in [0.15, 0.2) is 42.5 Å². The van der Waals surface area contributed by atoms with Crippen molar-refractivity contribution >= 4 is 23.2 Å². The van der Waals surface area contributed by atoms with Crippen molar-refractivity contribution in [2.45, 2.75) is 39.0 Å². The predicted octanol–water partition coefficient (Wildman–Crippen LogP) is 4.41. The van der Waals surface area contributed by atoms with Crippen LogP contribution in [-0.4, -0.2) is 11.8 Å². The van der Waals surface area contributed by atoms with E-state index in [4.69, 9.17) is 0 Å². The molecule has 1 saturated carbocycles. The van der Waals surface area contributed by atoms with Gasteiger partial charge in [-0.15, -0.1) is 0 Å². The fourth-order valence-electron chi connectivity index (χ4n) is 3.72. The molecule has 0 spiro atoms. The summed E-state index contributed by atoms with van der Waals surface area (Å²) in [5.74, 6) is 0.586. The number of carbonyl (C=O) groups is 2. The summed E-state index contributed by atoms with van der Waals surface area (Å²) in [5.41, 5.74) is 4.88. The standard InChI is InChI=1S/C22H24N2O2/c1-14-13-19(14)22(26)23-17-11-9-16(10-12-17)21(25)24-20-8-4-6-15-5-2-3-7-18(15)20/h4,6,8-12,14,19H,2-3,5,7,13H2,1H3,(H,23,26)(H,24,25). The molecule has 26 heavy (non-hydrogen) atoms. The second-order valence-electron chi connectivity index (χ2n) is 7.49. The molecule has 0 aliphatic heterocycles. The van der Waals surface area contributed by atoms with Gasteiger partial charge in [-0.1, -0.05) is 19.1 Å². The number of benzene rings is 2. The van der Waals surface area contributed by atoms with Gasteiger partial charge in [0.25, 0.3) is 5.91 Å². The summed E-state index contributed by atoms with van der Waals surface area (Å²) in [6.45, 7) is 2.08. The van der Waals surface area contributed by atoms with Crippen LogP contribution in [0.1, 0.15) is 47.7 Å². The number of amides is 2. The monoisotopic (exact) mass is 348 g/mol. The van der Waals surface area contributed by atoms with Crippen molar-refractivity contribution in [3.05, 3.63) is 59.2 Å². The minimum Gasteiger partial charge on any atom is -0.326 e. The smallest absolute Gasteiger partial charge is 0.255 e. The van der Waals surface area contributed by atoms with E-state index in [2.05, 4.69) is 23.6 Å². The largest absolute Gasteiger partial charge is 0.326 e. The molecule has 2 amide bonds. The van der Waals surface area contributed by atoms with Gasteiger partial charge in [-0.05, 0) is 79.5 Å². The average Bonchev–Trinajstić information content (AvgIpc) is 3.39. The molecular weight excluding hydrogens is 324 g/mol. The van der Waals surface area contributed by atoms with E-state index in [-0.39, 0.29) is 17.7 Å². The quantitative estimate of drug-likeness (QED) is 0.860. The highest BCUT2D eigenvalue weighted by atomic mass is 16.2. The lowest BCUT2D eigenvalue weighted by Crippen LogP contribution is -2.16. The van der Waals surface area contributed by atoms with E-state index in [0.29, 0.717) is 11.5 Å². The van der Waals surface area contributed by atoms with Crippen LogP contribution in [0.2, 0.25) is 0 Å². The molecule has 2 unspecified atom stereocenters. The molecule has 2 aromatic rings. The number of anilines is 2. The maximum absolute atomic E-state index is 12.6. The number of hydrogen-bond donors (Lipinski definition) is 2. The van der Waals surface area contributed by atoms with Gasteiger partial charge in [0.05, 0.1) is 0 Å². The van der Waals surface area contributed by atoms with Gasteiger partial charge in [0.2, 0.25) is 5.91 Å². The molecule has 2 N–H and O–H groups in total. The van der Waals surface area contributed by atoms with Gasteiger partial charge in [0, 0.05) is 22.9 Å². The van der Waals surface area contributed by atoms with Crippen molar-refractivity contribution in [1.82, 2.24) is 0 Å². The number of aryl methyl sites for hydroxylation is 1. The first kappa shape index (κ1) is 16.8. The zero-order chi connectivity index (χ0) is 18.1. The first-order valence-corrected chi connectivity index (χ1v) is 9.45. The lowest BCUT2D eigenvalue weighted by molar-refractivity contribution is -0.117. The molecule has 2 aliphatic carbocycles. The zero-order valence-corrected chi connectivity index (χ0v) is 15.0. The van der Waals surface area contributed by atoms with Gasteiger partial charge in [0.1, 0.15) is 0 Å². The fraction of sp³-hybridized carbons (Fsp3) is 0.364. The molecular formula is C22H24N2O2. The SMILES string of the molecule is CC1CC1C(=O)Nc1ccc(C(=O)Nc2cccc3c2CCCC3)cc1. The van der Waals surface area contributed by atoms with Crippen LogP contribution in [0.4, 0.5) is 11.4 Å². The summed E-state index contributed by atoms with van der Waals surface area (Å²) in [6, 6.07) is 13.3. The maximum atomic E-state index is 12.6. The summed E-state index contributed by atoms with van der Waals surface area (Å²) in [5, 5.41) is 5.97. The molecule has 2 aliphatic rings. The molecule has 4 heteroatoms. The van der Waals surface area contributed by atoms with Crippen LogP contribution in [-0.2, 0) is 17.6 Å². The molecule has 1 fully saturated rings. The molecule has 2 atom stereocenters. The van der Waals surface area contributed by atoms with E-state index in [1.807, 2.05) is 12.1 Å². The van der Waals surface area contributed by atoms with Crippen LogP contribution in [0.5, 0.6) is 0 Å². The third kappa shape index (κ3) is 3.50. The maximum Gasteiger partial charge on any atom is 0.255 e. The van der Waals surface area contributed by atoms with E-state index in [1.54, 1.807) is 24.3 Å². The lowest BCUT2D eigenvalue weighted by atomic mass is 9.90. The number of nitrogens with one attached hydrogen (secondary N) is 2. The van der Waals surface area contributed by atoms with E-state index in [0.717, 1.165) is 30.6 Å². The number of hydrogen-bond acceptors (Lipinski definition) is 2. The lowest BCUT2D eigenvalue weighted by Gasteiger charge is -2.19. The molecule has 134 valence electrons. The van der Waals surface area contributed by atoms with E-state index in [1.165, 1.54) is 24.0 Å². The Morgan fingerprint density at radius 1 is 0.962 bits per heavy atom. The molecule has 0 aromatic heterocycles. The third-order valence-electron chi connectivity index (χ3n) is 5.51. The normalized spacial score (nSPS) is 20.8. The van der Waals surface area contributed by atoms with Gasteiger partial charge in [0.15, 0.2) is 0 Å². The predicted molar refractivity (Wildman–Crippen MR) is 103 cm³/mol. The molecule has 4 nitrogen and oxygen atoms in total. The fourth-order valence-corrected chi connectivity index (χ4v) is 3.72. The highest BCUT2D eigenvalue weighted by Crippen LogP contribution is 2.38. The summed E-state index contributed by atoms with van der Waals surface area (Å²) in [4.78, 5) is 24.6. The van der Waals surface area contributed by atoms with Crippen molar-refractivity contribution in [2.75, 3.05) is 10.6 Å². The first-order chi connectivity index (χ1) is 12.6. The Bertz CT molecular complexity index is 842. The Kier molecular flexibility index (Phi) is 4.49. The summed E-state index contributed by atoms with van der Waals surface area (Å²) >= 11 is 0. The Morgan fingerprint density at radius 3 is 2.42 bits per heavy atom. The van der Waals surface area contributed by atoms with E-state index >= 15 is 0 Å². The van der Waals surface area contributed by atoms with E-state index < -0.39 is 0 Å². The van der Waals surface area contributed by atoms with Gasteiger partial charge in [-0.25, -0.2) is 0 Å². The highest BCUT2D eigenvalue weighted by Gasteiger charge is 2.39.